The Morgan fingerprint density at radius 3 is 2.18 bits per heavy atom. The zero-order chi connectivity index (χ0) is 24.5. The highest BCUT2D eigenvalue weighted by molar-refractivity contribution is 5.81. The Bertz CT molecular complexity index is 961. The van der Waals surface area contributed by atoms with Crippen LogP contribution in [-0.2, 0) is 14.3 Å². The molecule has 2 N–H and O–H groups in total. The van der Waals surface area contributed by atoms with Crippen LogP contribution in [-0.4, -0.2) is 54.2 Å². The Morgan fingerprint density at radius 1 is 1.00 bits per heavy atom. The molecular weight excluding hydrogens is 432 g/mol. The smallest absolute Gasteiger partial charge is 0.407 e. The van der Waals surface area contributed by atoms with Crippen LogP contribution in [0.4, 0.5) is 4.79 Å². The first-order chi connectivity index (χ1) is 16.4. The van der Waals surface area contributed by atoms with Crippen LogP contribution in [0.15, 0.2) is 48.5 Å². The van der Waals surface area contributed by atoms with Crippen LogP contribution >= 0.6 is 0 Å². The summed E-state index contributed by atoms with van der Waals surface area (Å²) in [5, 5.41) is 11.8. The quantitative estimate of drug-likeness (QED) is 0.475. The number of fused-ring (bicyclic) bond motifs is 3. The van der Waals surface area contributed by atoms with Gasteiger partial charge < -0.3 is 20.1 Å². The molecule has 2 aromatic rings. The molecular formula is C27H34N2O5. The van der Waals surface area contributed by atoms with Gasteiger partial charge >= 0.3 is 12.1 Å². The Kier molecular flexibility index (Phi) is 9.08. The third-order valence-corrected chi connectivity index (χ3v) is 6.57. The first kappa shape index (κ1) is 25.3. The molecule has 0 fully saturated rings. The molecule has 182 valence electrons. The molecule has 7 nitrogen and oxygen atoms in total. The standard InChI is InChI=1S/C27H34N2O5/c1-3-19(13-14-25(30)29(4-2)17-26(31)32)15-16-28-27(33)34-18-24-22-11-7-5-9-20(22)21-10-6-8-12-23(21)24/h5-12,19,24H,3-4,13-18H2,1-2H3,(H,28,33)(H,31,32). The van der Waals surface area contributed by atoms with E-state index in [1.807, 2.05) is 24.3 Å². The highest BCUT2D eigenvalue weighted by Gasteiger charge is 2.29. The summed E-state index contributed by atoms with van der Waals surface area (Å²) in [7, 11) is 0. The molecule has 1 aliphatic carbocycles. The third-order valence-electron chi connectivity index (χ3n) is 6.57. The number of hydrogen-bond acceptors (Lipinski definition) is 4. The predicted octanol–water partition coefficient (Wildman–Crippen LogP) is 4.65. The van der Waals surface area contributed by atoms with Crippen molar-refractivity contribution in [3.8, 4) is 11.1 Å². The molecule has 7 heteroatoms. The molecule has 0 spiro atoms. The van der Waals surface area contributed by atoms with Crippen molar-refractivity contribution in [1.82, 2.24) is 10.2 Å². The van der Waals surface area contributed by atoms with Gasteiger partial charge in [-0.2, -0.15) is 0 Å². The van der Waals surface area contributed by atoms with Gasteiger partial charge in [-0.05, 0) is 47.9 Å². The summed E-state index contributed by atoms with van der Waals surface area (Å²) in [6.45, 7) is 4.69. The maximum absolute atomic E-state index is 12.3. The second-order valence-electron chi connectivity index (χ2n) is 8.66. The van der Waals surface area contributed by atoms with E-state index in [0.29, 0.717) is 25.9 Å². The SMILES string of the molecule is CCC(CCNC(=O)OCC1c2ccccc2-c2ccccc21)CCC(=O)N(CC)CC(=O)O. The van der Waals surface area contributed by atoms with Crippen LogP contribution in [0.2, 0.25) is 0 Å². The topological polar surface area (TPSA) is 95.9 Å². The maximum atomic E-state index is 12.3. The van der Waals surface area contributed by atoms with Crippen LogP contribution in [0.1, 0.15) is 56.6 Å². The van der Waals surface area contributed by atoms with Crippen LogP contribution < -0.4 is 5.32 Å². The fraction of sp³-hybridized carbons (Fsp3) is 0.444. The summed E-state index contributed by atoms with van der Waals surface area (Å²) >= 11 is 0. The van der Waals surface area contributed by atoms with Crippen LogP contribution in [0.25, 0.3) is 11.1 Å². The summed E-state index contributed by atoms with van der Waals surface area (Å²) in [6, 6.07) is 16.4. The Labute approximate surface area is 201 Å². The highest BCUT2D eigenvalue weighted by atomic mass is 16.5. The average molecular weight is 467 g/mol. The molecule has 2 amide bonds. The molecule has 2 aromatic carbocycles. The van der Waals surface area contributed by atoms with Gasteiger partial charge in [0.25, 0.3) is 0 Å². The number of carbonyl (C=O) groups excluding carboxylic acids is 2. The lowest BCUT2D eigenvalue weighted by Gasteiger charge is -2.20. The maximum Gasteiger partial charge on any atom is 0.407 e. The van der Waals surface area contributed by atoms with E-state index in [1.54, 1.807) is 6.92 Å². The number of alkyl carbamates (subject to hydrolysis) is 1. The molecule has 0 aliphatic heterocycles. The van der Waals surface area contributed by atoms with Crippen molar-refractivity contribution in [2.75, 3.05) is 26.2 Å². The first-order valence-corrected chi connectivity index (χ1v) is 12.0. The Balaban J connectivity index is 1.43. The van der Waals surface area contributed by atoms with Crippen LogP contribution in [0, 0.1) is 5.92 Å². The van der Waals surface area contributed by atoms with Crippen molar-refractivity contribution >= 4 is 18.0 Å². The number of amides is 2. The van der Waals surface area contributed by atoms with Gasteiger partial charge in [0, 0.05) is 25.4 Å². The molecule has 0 bridgehead atoms. The van der Waals surface area contributed by atoms with E-state index in [9.17, 15) is 14.4 Å². The van der Waals surface area contributed by atoms with Gasteiger partial charge in [-0.25, -0.2) is 4.79 Å². The fourth-order valence-corrected chi connectivity index (χ4v) is 4.61. The number of likely N-dealkylation sites (N-methyl/N-ethyl adjacent to an activating group) is 1. The van der Waals surface area contributed by atoms with E-state index in [0.717, 1.165) is 12.8 Å². The average Bonchev–Trinajstić information content (AvgIpc) is 3.16. The van der Waals surface area contributed by atoms with Gasteiger partial charge in [-0.1, -0.05) is 61.9 Å². The van der Waals surface area contributed by atoms with Gasteiger partial charge in [-0.3, -0.25) is 9.59 Å². The number of benzene rings is 2. The minimum Gasteiger partial charge on any atom is -0.480 e. The number of nitrogens with zero attached hydrogens (tertiary/aromatic N) is 1. The van der Waals surface area contributed by atoms with Gasteiger partial charge in [0.1, 0.15) is 13.2 Å². The minimum atomic E-state index is -1.01. The van der Waals surface area contributed by atoms with Crippen LogP contribution in [0.5, 0.6) is 0 Å². The van der Waals surface area contributed by atoms with Crippen molar-refractivity contribution in [2.45, 2.75) is 45.4 Å². The monoisotopic (exact) mass is 466 g/mol. The molecule has 0 radical (unpaired) electrons. The molecule has 3 rings (SSSR count). The largest absolute Gasteiger partial charge is 0.480 e. The lowest BCUT2D eigenvalue weighted by atomic mass is 9.96. The Morgan fingerprint density at radius 2 is 1.62 bits per heavy atom. The van der Waals surface area contributed by atoms with Gasteiger partial charge in [-0.15, -0.1) is 0 Å². The lowest BCUT2D eigenvalue weighted by Crippen LogP contribution is -2.35. The summed E-state index contributed by atoms with van der Waals surface area (Å²) < 4.78 is 5.57. The number of carbonyl (C=O) groups is 3. The molecule has 0 heterocycles. The highest BCUT2D eigenvalue weighted by Crippen LogP contribution is 2.44. The molecule has 0 saturated carbocycles. The number of rotatable bonds is 12. The van der Waals surface area contributed by atoms with Crippen molar-refractivity contribution in [1.29, 1.82) is 0 Å². The van der Waals surface area contributed by atoms with Gasteiger partial charge in [0.2, 0.25) is 5.91 Å². The lowest BCUT2D eigenvalue weighted by molar-refractivity contribution is -0.144. The summed E-state index contributed by atoms with van der Waals surface area (Å²) in [6.07, 6.45) is 2.15. The van der Waals surface area contributed by atoms with Crippen molar-refractivity contribution in [2.24, 2.45) is 5.92 Å². The molecule has 1 atom stereocenters. The van der Waals surface area contributed by atoms with E-state index in [2.05, 4.69) is 36.5 Å². The third kappa shape index (κ3) is 6.37. The molecule has 1 unspecified atom stereocenters. The second-order valence-corrected chi connectivity index (χ2v) is 8.66. The van der Waals surface area contributed by atoms with Crippen molar-refractivity contribution in [3.63, 3.8) is 0 Å². The summed E-state index contributed by atoms with van der Waals surface area (Å²) in [5.41, 5.74) is 4.74. The first-order valence-electron chi connectivity index (χ1n) is 12.0. The number of ether oxygens (including phenoxy) is 1. The predicted molar refractivity (Wildman–Crippen MR) is 131 cm³/mol. The van der Waals surface area contributed by atoms with Crippen molar-refractivity contribution < 1.29 is 24.2 Å². The van der Waals surface area contributed by atoms with E-state index >= 15 is 0 Å². The van der Waals surface area contributed by atoms with Crippen molar-refractivity contribution in [3.05, 3.63) is 59.7 Å². The Hall–Kier alpha value is -3.35. The number of carboxylic acids is 1. The molecule has 0 aromatic heterocycles. The normalized spacial score (nSPS) is 13.0. The zero-order valence-corrected chi connectivity index (χ0v) is 20.0. The molecule has 0 saturated heterocycles. The molecule has 34 heavy (non-hydrogen) atoms. The van der Waals surface area contributed by atoms with E-state index in [4.69, 9.17) is 9.84 Å². The fourth-order valence-electron chi connectivity index (χ4n) is 4.61. The van der Waals surface area contributed by atoms with E-state index in [1.165, 1.54) is 27.2 Å². The van der Waals surface area contributed by atoms with Crippen LogP contribution in [0.3, 0.4) is 0 Å². The van der Waals surface area contributed by atoms with Gasteiger partial charge in [0.15, 0.2) is 0 Å². The number of nitrogens with one attached hydrogen (secondary N) is 1. The summed E-state index contributed by atoms with van der Waals surface area (Å²) in [5.74, 6) is -0.858. The van der Waals surface area contributed by atoms with E-state index in [-0.39, 0.29) is 30.9 Å². The van der Waals surface area contributed by atoms with E-state index < -0.39 is 12.1 Å². The second kappa shape index (κ2) is 12.2. The summed E-state index contributed by atoms with van der Waals surface area (Å²) in [4.78, 5) is 36.8. The number of carboxylic acid groups (broad SMARTS) is 1. The molecule has 1 aliphatic rings. The zero-order valence-electron chi connectivity index (χ0n) is 20.0. The minimum absolute atomic E-state index is 0.0277. The number of hydrogen-bond donors (Lipinski definition) is 2. The van der Waals surface area contributed by atoms with Gasteiger partial charge in [0.05, 0.1) is 0 Å². The number of aliphatic carboxylic acids is 1.